The molecule has 1 aliphatic rings. The molecule has 2 aromatic rings. The van der Waals surface area contributed by atoms with Gasteiger partial charge in [0.15, 0.2) is 17.2 Å². The number of hydrogen-bond donors (Lipinski definition) is 2. The average molecular weight is 385 g/mol. The summed E-state index contributed by atoms with van der Waals surface area (Å²) in [6, 6.07) is 4.12. The number of methoxy groups -OCH3 is 1. The molecule has 1 fully saturated rings. The number of rotatable bonds is 6. The number of aryl methyl sites for hydroxylation is 1. The summed E-state index contributed by atoms with van der Waals surface area (Å²) in [6.07, 6.45) is -3.14. The number of aliphatic hydroxyl groups is 1. The van der Waals surface area contributed by atoms with E-state index in [1.165, 1.54) is 31.5 Å². The molecule has 1 atom stereocenters. The van der Waals surface area contributed by atoms with E-state index < -0.39 is 29.4 Å². The van der Waals surface area contributed by atoms with Gasteiger partial charge in [-0.15, -0.1) is 0 Å². The zero-order valence-electron chi connectivity index (χ0n) is 14.8. The summed E-state index contributed by atoms with van der Waals surface area (Å²) in [6.45, 7) is 1.63. The van der Waals surface area contributed by atoms with Crippen molar-refractivity contribution in [2.75, 3.05) is 7.11 Å². The first-order chi connectivity index (χ1) is 12.6. The smallest absolute Gasteiger partial charge is 0.422 e. The Morgan fingerprint density at radius 1 is 1.37 bits per heavy atom. The summed E-state index contributed by atoms with van der Waals surface area (Å²) >= 11 is 0. The van der Waals surface area contributed by atoms with Gasteiger partial charge in [0.25, 0.3) is 0 Å². The fourth-order valence-corrected chi connectivity index (χ4v) is 3.21. The third-order valence-electron chi connectivity index (χ3n) is 4.80. The highest BCUT2D eigenvalue weighted by Crippen LogP contribution is 2.57. The lowest BCUT2D eigenvalue weighted by atomic mass is 9.82. The minimum atomic E-state index is -4.96. The Labute approximate surface area is 153 Å². The first kappa shape index (κ1) is 19.3. The topological polar surface area (TPSA) is 70.5 Å². The van der Waals surface area contributed by atoms with Gasteiger partial charge in [-0.3, -0.25) is 0 Å². The van der Waals surface area contributed by atoms with Crippen LogP contribution in [0.5, 0.6) is 5.75 Å². The molecule has 1 aromatic heterocycles. The predicted octanol–water partition coefficient (Wildman–Crippen LogP) is 3.98. The van der Waals surface area contributed by atoms with E-state index in [4.69, 9.17) is 4.74 Å². The molecule has 1 aliphatic carbocycles. The molecule has 0 bridgehead atoms. The van der Waals surface area contributed by atoms with Crippen LogP contribution in [0.1, 0.15) is 30.7 Å². The van der Waals surface area contributed by atoms with Gasteiger partial charge in [0.05, 0.1) is 13.3 Å². The van der Waals surface area contributed by atoms with Crippen LogP contribution in [0.2, 0.25) is 0 Å². The molecule has 1 aromatic carbocycles. The SMILES string of the molecule is COc1c(F)cccc1C1(CC(O)(C=Nc2cnc(C)[nH]2)C(F)(F)F)CC1. The number of ether oxygens (including phenoxy) is 1. The number of alkyl halides is 3. The van der Waals surface area contributed by atoms with Gasteiger partial charge in [0, 0.05) is 23.6 Å². The van der Waals surface area contributed by atoms with Crippen LogP contribution in [-0.4, -0.2) is 40.2 Å². The summed E-state index contributed by atoms with van der Waals surface area (Å²) in [5.74, 6) is -0.164. The summed E-state index contributed by atoms with van der Waals surface area (Å²) in [4.78, 5) is 10.2. The Morgan fingerprint density at radius 3 is 2.59 bits per heavy atom. The van der Waals surface area contributed by atoms with E-state index in [1.807, 2.05) is 0 Å². The maximum Gasteiger partial charge on any atom is 0.422 e. The number of aromatic amines is 1. The van der Waals surface area contributed by atoms with E-state index in [-0.39, 0.29) is 11.6 Å². The number of imidazole rings is 1. The molecule has 3 rings (SSSR count). The van der Waals surface area contributed by atoms with Crippen LogP contribution in [0.4, 0.5) is 23.4 Å². The Bertz CT molecular complexity index is 859. The second-order valence-corrected chi connectivity index (χ2v) is 6.81. The van der Waals surface area contributed by atoms with Crippen molar-refractivity contribution in [3.8, 4) is 5.75 Å². The van der Waals surface area contributed by atoms with Crippen LogP contribution in [0.25, 0.3) is 0 Å². The highest BCUT2D eigenvalue weighted by atomic mass is 19.4. The van der Waals surface area contributed by atoms with Crippen LogP contribution in [0, 0.1) is 12.7 Å². The molecule has 0 spiro atoms. The fraction of sp³-hybridized carbons (Fsp3) is 0.444. The van der Waals surface area contributed by atoms with Crippen molar-refractivity contribution in [3.63, 3.8) is 0 Å². The number of aromatic nitrogens is 2. The van der Waals surface area contributed by atoms with E-state index in [1.54, 1.807) is 6.92 Å². The first-order valence-electron chi connectivity index (χ1n) is 8.29. The molecule has 1 saturated carbocycles. The number of benzene rings is 1. The maximum absolute atomic E-state index is 14.0. The van der Waals surface area contributed by atoms with Crippen LogP contribution >= 0.6 is 0 Å². The molecule has 5 nitrogen and oxygen atoms in total. The predicted molar refractivity (Wildman–Crippen MR) is 91.0 cm³/mol. The van der Waals surface area contributed by atoms with Crippen LogP contribution in [-0.2, 0) is 5.41 Å². The molecule has 0 saturated heterocycles. The van der Waals surface area contributed by atoms with Crippen molar-refractivity contribution in [2.24, 2.45) is 4.99 Å². The van der Waals surface area contributed by atoms with E-state index in [0.717, 1.165) is 0 Å². The van der Waals surface area contributed by atoms with Crippen LogP contribution < -0.4 is 4.74 Å². The molecule has 1 unspecified atom stereocenters. The van der Waals surface area contributed by atoms with Crippen molar-refractivity contribution >= 4 is 12.0 Å². The Hall–Kier alpha value is -2.42. The fourth-order valence-electron chi connectivity index (χ4n) is 3.21. The number of H-pyrrole nitrogens is 1. The standard InChI is InChI=1S/C18H19F4N3O2/c1-11-23-8-14(25-11)24-10-17(26,18(20,21)22)9-16(6-7-16)12-4-3-5-13(19)15(12)27-2/h3-5,8,10,26H,6-7,9H2,1-2H3,(H,23,25). The molecule has 1 heterocycles. The number of hydrogen-bond acceptors (Lipinski definition) is 4. The quantitative estimate of drug-likeness (QED) is 0.584. The van der Waals surface area contributed by atoms with Crippen molar-refractivity contribution < 1.29 is 27.4 Å². The monoisotopic (exact) mass is 385 g/mol. The van der Waals surface area contributed by atoms with Crippen molar-refractivity contribution in [1.29, 1.82) is 0 Å². The second kappa shape index (κ2) is 6.63. The van der Waals surface area contributed by atoms with Gasteiger partial charge < -0.3 is 14.8 Å². The third kappa shape index (κ3) is 3.69. The summed E-state index contributed by atoms with van der Waals surface area (Å²) in [7, 11) is 1.26. The lowest BCUT2D eigenvalue weighted by molar-refractivity contribution is -0.233. The molecule has 0 radical (unpaired) electrons. The minimum Gasteiger partial charge on any atom is -0.493 e. The molecular formula is C18H19F4N3O2. The molecule has 27 heavy (non-hydrogen) atoms. The zero-order chi connectivity index (χ0) is 19.9. The number of nitrogens with one attached hydrogen (secondary N) is 1. The van der Waals surface area contributed by atoms with Gasteiger partial charge in [0.2, 0.25) is 0 Å². The van der Waals surface area contributed by atoms with Gasteiger partial charge in [-0.1, -0.05) is 12.1 Å². The van der Waals surface area contributed by atoms with Crippen LogP contribution in [0.3, 0.4) is 0 Å². The molecule has 0 aliphatic heterocycles. The average Bonchev–Trinajstić information content (AvgIpc) is 3.24. The van der Waals surface area contributed by atoms with E-state index in [9.17, 15) is 22.7 Å². The van der Waals surface area contributed by atoms with Crippen molar-refractivity contribution in [1.82, 2.24) is 9.97 Å². The van der Waals surface area contributed by atoms with Gasteiger partial charge in [0.1, 0.15) is 11.6 Å². The van der Waals surface area contributed by atoms with Gasteiger partial charge in [-0.05, 0) is 25.8 Å². The van der Waals surface area contributed by atoms with E-state index in [2.05, 4.69) is 15.0 Å². The Kier molecular flexibility index (Phi) is 4.75. The number of nitrogens with zero attached hydrogens (tertiary/aromatic N) is 2. The normalized spacial score (nSPS) is 18.5. The summed E-state index contributed by atoms with van der Waals surface area (Å²) in [5, 5.41) is 10.4. The van der Waals surface area contributed by atoms with Gasteiger partial charge in [-0.2, -0.15) is 13.2 Å². The number of halogens is 4. The summed E-state index contributed by atoms with van der Waals surface area (Å²) < 4.78 is 60.1. The zero-order valence-corrected chi connectivity index (χ0v) is 14.8. The third-order valence-corrected chi connectivity index (χ3v) is 4.80. The lowest BCUT2D eigenvalue weighted by Gasteiger charge is -2.31. The highest BCUT2D eigenvalue weighted by molar-refractivity contribution is 5.73. The van der Waals surface area contributed by atoms with Crippen molar-refractivity contribution in [2.45, 2.75) is 43.4 Å². The molecule has 9 heteroatoms. The van der Waals surface area contributed by atoms with Gasteiger partial charge >= 0.3 is 6.18 Å². The largest absolute Gasteiger partial charge is 0.493 e. The highest BCUT2D eigenvalue weighted by Gasteiger charge is 2.60. The summed E-state index contributed by atoms with van der Waals surface area (Å²) in [5.41, 5.74) is -3.90. The van der Waals surface area contributed by atoms with E-state index in [0.29, 0.717) is 30.4 Å². The molecule has 0 amide bonds. The minimum absolute atomic E-state index is 0.0966. The number of aliphatic imine (C=N–C) groups is 1. The van der Waals surface area contributed by atoms with Crippen molar-refractivity contribution in [3.05, 3.63) is 41.6 Å². The molecule has 146 valence electrons. The Balaban J connectivity index is 1.96. The maximum atomic E-state index is 14.0. The van der Waals surface area contributed by atoms with Gasteiger partial charge in [-0.25, -0.2) is 14.4 Å². The number of para-hydroxylation sites is 1. The molecular weight excluding hydrogens is 366 g/mol. The second-order valence-electron chi connectivity index (χ2n) is 6.81. The first-order valence-corrected chi connectivity index (χ1v) is 8.29. The van der Waals surface area contributed by atoms with Crippen LogP contribution in [0.15, 0.2) is 29.4 Å². The lowest BCUT2D eigenvalue weighted by Crippen LogP contribution is -2.49. The molecule has 2 N–H and O–H groups in total. The van der Waals surface area contributed by atoms with E-state index >= 15 is 0 Å². The Morgan fingerprint density at radius 2 is 2.07 bits per heavy atom.